The Morgan fingerprint density at radius 3 is 2.39 bits per heavy atom. The quantitative estimate of drug-likeness (QED) is 0.772. The van der Waals surface area contributed by atoms with Crippen molar-refractivity contribution in [3.05, 3.63) is 0 Å². The Kier molecular flexibility index (Phi) is 6.12. The van der Waals surface area contributed by atoms with Gasteiger partial charge in [0.2, 0.25) is 5.91 Å². The van der Waals surface area contributed by atoms with E-state index in [0.29, 0.717) is 37.1 Å². The fraction of sp³-hybridized carbons (Fsp3) is 0.812. The minimum absolute atomic E-state index is 0.0426. The Labute approximate surface area is 138 Å². The molecule has 0 saturated carbocycles. The molecule has 0 spiro atoms. The van der Waals surface area contributed by atoms with Crippen molar-refractivity contribution in [1.29, 1.82) is 0 Å². The molecular formula is C16H29N5O2. The first-order chi connectivity index (χ1) is 10.9. The lowest BCUT2D eigenvalue weighted by molar-refractivity contribution is -0.130. The summed E-state index contributed by atoms with van der Waals surface area (Å²) in [5.41, 5.74) is 0.452. The molecule has 1 atom stereocenters. The third-order valence-corrected chi connectivity index (χ3v) is 4.72. The Morgan fingerprint density at radius 1 is 1.17 bits per heavy atom. The van der Waals surface area contributed by atoms with Gasteiger partial charge in [0.15, 0.2) is 0 Å². The van der Waals surface area contributed by atoms with Crippen LogP contribution in [0.3, 0.4) is 0 Å². The summed E-state index contributed by atoms with van der Waals surface area (Å²) in [5.74, 6) is 0.277. The number of hydrogen-bond acceptors (Lipinski definition) is 5. The van der Waals surface area contributed by atoms with Gasteiger partial charge in [-0.3, -0.25) is 14.5 Å². The van der Waals surface area contributed by atoms with E-state index in [0.717, 1.165) is 26.2 Å². The predicted octanol–water partition coefficient (Wildman–Crippen LogP) is -0.0172. The first-order valence-corrected chi connectivity index (χ1v) is 8.43. The standard InChI is InChI=1S/C16H29N5O2/c1-12(2)14(21-9-7-19(3)8-10-21)11-17-16(23)13-5-6-15(22)20(4)18-13/h12,14H,5-11H2,1-4H3,(H,17,23)/t14-/m1/s1. The highest BCUT2D eigenvalue weighted by atomic mass is 16.2. The van der Waals surface area contributed by atoms with E-state index >= 15 is 0 Å². The number of carbonyl (C=O) groups is 2. The monoisotopic (exact) mass is 323 g/mol. The second-order valence-electron chi connectivity index (χ2n) is 6.82. The molecule has 2 heterocycles. The highest BCUT2D eigenvalue weighted by molar-refractivity contribution is 6.39. The van der Waals surface area contributed by atoms with Gasteiger partial charge in [0.05, 0.1) is 0 Å². The molecule has 2 aliphatic rings. The molecular weight excluding hydrogens is 294 g/mol. The first kappa shape index (κ1) is 17.9. The number of likely N-dealkylation sites (N-methyl/N-ethyl adjacent to an activating group) is 1. The number of hydrazone groups is 1. The van der Waals surface area contributed by atoms with Gasteiger partial charge in [0, 0.05) is 58.7 Å². The van der Waals surface area contributed by atoms with E-state index in [9.17, 15) is 9.59 Å². The van der Waals surface area contributed by atoms with Crippen LogP contribution in [0, 0.1) is 5.92 Å². The van der Waals surface area contributed by atoms with Crippen molar-refractivity contribution in [2.45, 2.75) is 32.7 Å². The largest absolute Gasteiger partial charge is 0.349 e. The van der Waals surface area contributed by atoms with Crippen LogP contribution in [-0.2, 0) is 9.59 Å². The molecule has 1 saturated heterocycles. The predicted molar refractivity (Wildman–Crippen MR) is 90.1 cm³/mol. The van der Waals surface area contributed by atoms with Gasteiger partial charge in [-0.15, -0.1) is 0 Å². The molecule has 0 unspecified atom stereocenters. The van der Waals surface area contributed by atoms with Gasteiger partial charge in [-0.2, -0.15) is 5.10 Å². The van der Waals surface area contributed by atoms with Crippen LogP contribution in [0.15, 0.2) is 5.10 Å². The van der Waals surface area contributed by atoms with E-state index < -0.39 is 0 Å². The summed E-state index contributed by atoms with van der Waals surface area (Å²) in [5, 5.41) is 8.35. The highest BCUT2D eigenvalue weighted by Crippen LogP contribution is 2.13. The highest BCUT2D eigenvalue weighted by Gasteiger charge is 2.27. The van der Waals surface area contributed by atoms with E-state index in [2.05, 4.69) is 41.1 Å². The molecule has 0 aromatic carbocycles. The molecule has 0 aliphatic carbocycles. The van der Waals surface area contributed by atoms with Crippen LogP contribution in [0.5, 0.6) is 0 Å². The third-order valence-electron chi connectivity index (χ3n) is 4.72. The maximum absolute atomic E-state index is 12.3. The molecule has 2 rings (SSSR count). The summed E-state index contributed by atoms with van der Waals surface area (Å²) in [6.45, 7) is 9.21. The lowest BCUT2D eigenvalue weighted by Gasteiger charge is -2.40. The van der Waals surface area contributed by atoms with Gasteiger partial charge in [0.1, 0.15) is 5.71 Å². The van der Waals surface area contributed by atoms with E-state index in [4.69, 9.17) is 0 Å². The van der Waals surface area contributed by atoms with Gasteiger partial charge in [-0.05, 0) is 13.0 Å². The lowest BCUT2D eigenvalue weighted by Crippen LogP contribution is -2.54. The van der Waals surface area contributed by atoms with Crippen LogP contribution in [0.4, 0.5) is 0 Å². The SMILES string of the molecule is CC(C)[C@@H](CNC(=O)C1=NN(C)C(=O)CC1)N1CCN(C)CC1. The minimum atomic E-state index is -0.149. The van der Waals surface area contributed by atoms with E-state index in [1.165, 1.54) is 5.01 Å². The molecule has 130 valence electrons. The van der Waals surface area contributed by atoms with Crippen molar-refractivity contribution in [2.75, 3.05) is 46.8 Å². The average Bonchev–Trinajstić information content (AvgIpc) is 2.51. The molecule has 1 N–H and O–H groups in total. The van der Waals surface area contributed by atoms with E-state index in [1.807, 2.05) is 0 Å². The van der Waals surface area contributed by atoms with Crippen LogP contribution in [0.1, 0.15) is 26.7 Å². The van der Waals surface area contributed by atoms with Gasteiger partial charge in [-0.25, -0.2) is 5.01 Å². The fourth-order valence-corrected chi connectivity index (χ4v) is 3.07. The molecule has 0 aromatic heterocycles. The van der Waals surface area contributed by atoms with Gasteiger partial charge in [0.25, 0.3) is 5.91 Å². The Hall–Kier alpha value is -1.47. The zero-order valence-electron chi connectivity index (χ0n) is 14.7. The molecule has 0 bridgehead atoms. The zero-order chi connectivity index (χ0) is 17.0. The maximum atomic E-state index is 12.3. The molecule has 7 nitrogen and oxygen atoms in total. The topological polar surface area (TPSA) is 68.2 Å². The minimum Gasteiger partial charge on any atom is -0.349 e. The molecule has 0 aromatic rings. The van der Waals surface area contributed by atoms with Crippen molar-refractivity contribution in [1.82, 2.24) is 20.1 Å². The summed E-state index contributed by atoms with van der Waals surface area (Å²) in [7, 11) is 3.73. The van der Waals surface area contributed by atoms with Crippen molar-refractivity contribution in [3.8, 4) is 0 Å². The van der Waals surface area contributed by atoms with Crippen LogP contribution in [-0.4, -0.2) is 85.2 Å². The van der Waals surface area contributed by atoms with Crippen LogP contribution in [0.2, 0.25) is 0 Å². The molecule has 2 amide bonds. The fourth-order valence-electron chi connectivity index (χ4n) is 3.07. The number of piperazine rings is 1. The Bertz CT molecular complexity index is 469. The smallest absolute Gasteiger partial charge is 0.267 e. The summed E-state index contributed by atoms with van der Waals surface area (Å²) in [4.78, 5) is 28.5. The Morgan fingerprint density at radius 2 is 1.83 bits per heavy atom. The van der Waals surface area contributed by atoms with Crippen LogP contribution < -0.4 is 5.32 Å². The lowest BCUT2D eigenvalue weighted by atomic mass is 10.0. The summed E-state index contributed by atoms with van der Waals surface area (Å²) < 4.78 is 0. The number of rotatable bonds is 5. The molecule has 0 radical (unpaired) electrons. The van der Waals surface area contributed by atoms with Gasteiger partial charge in [-0.1, -0.05) is 13.8 Å². The van der Waals surface area contributed by atoms with Crippen LogP contribution >= 0.6 is 0 Å². The van der Waals surface area contributed by atoms with E-state index in [1.54, 1.807) is 7.05 Å². The second kappa shape index (κ2) is 7.88. The molecule has 23 heavy (non-hydrogen) atoms. The summed E-state index contributed by atoms with van der Waals surface area (Å²) >= 11 is 0. The number of hydrogen-bond donors (Lipinski definition) is 1. The van der Waals surface area contributed by atoms with Crippen molar-refractivity contribution >= 4 is 17.5 Å². The summed E-state index contributed by atoms with van der Waals surface area (Å²) in [6.07, 6.45) is 0.782. The first-order valence-electron chi connectivity index (χ1n) is 8.43. The number of nitrogens with zero attached hydrogens (tertiary/aromatic N) is 4. The molecule has 7 heteroatoms. The zero-order valence-corrected chi connectivity index (χ0v) is 14.7. The number of carbonyl (C=O) groups excluding carboxylic acids is 2. The molecule has 2 aliphatic heterocycles. The normalized spacial score (nSPS) is 22.2. The maximum Gasteiger partial charge on any atom is 0.267 e. The van der Waals surface area contributed by atoms with Gasteiger partial charge < -0.3 is 10.2 Å². The summed E-state index contributed by atoms with van der Waals surface area (Å²) in [6, 6.07) is 0.330. The van der Waals surface area contributed by atoms with E-state index in [-0.39, 0.29) is 11.8 Å². The Balaban J connectivity index is 1.90. The third kappa shape index (κ3) is 4.75. The second-order valence-corrected chi connectivity index (χ2v) is 6.82. The number of nitrogens with one attached hydrogen (secondary N) is 1. The van der Waals surface area contributed by atoms with Crippen molar-refractivity contribution in [2.24, 2.45) is 11.0 Å². The van der Waals surface area contributed by atoms with Crippen molar-refractivity contribution < 1.29 is 9.59 Å². The van der Waals surface area contributed by atoms with Gasteiger partial charge >= 0.3 is 0 Å². The van der Waals surface area contributed by atoms with Crippen LogP contribution in [0.25, 0.3) is 0 Å². The van der Waals surface area contributed by atoms with Crippen molar-refractivity contribution in [3.63, 3.8) is 0 Å². The average molecular weight is 323 g/mol. The molecule has 1 fully saturated rings. The number of amides is 2.